The third-order valence-corrected chi connectivity index (χ3v) is 5.47. The molecule has 0 saturated carbocycles. The normalized spacial score (nSPS) is 14.7. The molecule has 1 fully saturated rings. The van der Waals surface area contributed by atoms with Crippen molar-refractivity contribution in [1.82, 2.24) is 9.80 Å². The lowest BCUT2D eigenvalue weighted by Gasteiger charge is -2.35. The quantitative estimate of drug-likeness (QED) is 0.398. The number of amides is 2. The van der Waals surface area contributed by atoms with E-state index < -0.39 is 0 Å². The van der Waals surface area contributed by atoms with Crippen LogP contribution in [-0.4, -0.2) is 47.8 Å². The molecule has 1 aliphatic heterocycles. The molecular formula is C22H42N2O2. The summed E-state index contributed by atoms with van der Waals surface area (Å²) in [6, 6.07) is 0. The first kappa shape index (κ1) is 23.0. The van der Waals surface area contributed by atoms with Crippen LogP contribution in [0, 0.1) is 0 Å². The Kier molecular flexibility index (Phi) is 13.3. The second-order valence-electron chi connectivity index (χ2n) is 7.80. The van der Waals surface area contributed by atoms with Crippen LogP contribution in [0.4, 0.5) is 0 Å². The van der Waals surface area contributed by atoms with Crippen molar-refractivity contribution in [2.75, 3.05) is 26.2 Å². The van der Waals surface area contributed by atoms with Gasteiger partial charge in [0.05, 0.1) is 0 Å². The molecule has 0 aromatic heterocycles. The van der Waals surface area contributed by atoms with Crippen molar-refractivity contribution < 1.29 is 9.59 Å². The van der Waals surface area contributed by atoms with Crippen molar-refractivity contribution in [3.8, 4) is 0 Å². The molecular weight excluding hydrogens is 324 g/mol. The Morgan fingerprint density at radius 3 is 1.19 bits per heavy atom. The third-order valence-electron chi connectivity index (χ3n) is 5.47. The predicted molar refractivity (Wildman–Crippen MR) is 109 cm³/mol. The lowest BCUT2D eigenvalue weighted by molar-refractivity contribution is -0.139. The van der Waals surface area contributed by atoms with Gasteiger partial charge in [0.1, 0.15) is 0 Å². The van der Waals surface area contributed by atoms with Gasteiger partial charge in [-0.2, -0.15) is 0 Å². The van der Waals surface area contributed by atoms with Crippen molar-refractivity contribution in [2.45, 2.75) is 104 Å². The van der Waals surface area contributed by atoms with E-state index in [9.17, 15) is 9.59 Å². The molecule has 1 heterocycles. The molecule has 0 aliphatic carbocycles. The average Bonchev–Trinajstić information content (AvgIpc) is 2.67. The number of rotatable bonds is 14. The smallest absolute Gasteiger partial charge is 0.222 e. The van der Waals surface area contributed by atoms with Crippen molar-refractivity contribution >= 4 is 11.8 Å². The molecule has 152 valence electrons. The number of carbonyl (C=O) groups excluding carboxylic acids is 2. The standard InChI is InChI=1S/C22H42N2O2/c1-3-5-7-9-11-13-15-21(25)23-17-19-24(20-18-23)22(26)16-14-12-10-8-6-4-2/h3-20H2,1-2H3. The number of unbranched alkanes of at least 4 members (excludes halogenated alkanes) is 10. The number of piperazine rings is 1. The van der Waals surface area contributed by atoms with Crippen LogP contribution in [0.15, 0.2) is 0 Å². The van der Waals surface area contributed by atoms with Crippen LogP contribution >= 0.6 is 0 Å². The van der Waals surface area contributed by atoms with Gasteiger partial charge in [-0.25, -0.2) is 0 Å². The van der Waals surface area contributed by atoms with Crippen molar-refractivity contribution in [2.24, 2.45) is 0 Å². The van der Waals surface area contributed by atoms with Crippen LogP contribution in [0.1, 0.15) is 104 Å². The maximum atomic E-state index is 12.3. The Labute approximate surface area is 161 Å². The zero-order valence-corrected chi connectivity index (χ0v) is 17.4. The maximum absolute atomic E-state index is 12.3. The van der Waals surface area contributed by atoms with Crippen molar-refractivity contribution in [3.05, 3.63) is 0 Å². The van der Waals surface area contributed by atoms with E-state index in [1.807, 2.05) is 9.80 Å². The van der Waals surface area contributed by atoms with Gasteiger partial charge >= 0.3 is 0 Å². The van der Waals surface area contributed by atoms with Gasteiger partial charge in [0.2, 0.25) is 11.8 Å². The molecule has 0 bridgehead atoms. The predicted octanol–water partition coefficient (Wildman–Crippen LogP) is 5.16. The molecule has 4 heteroatoms. The highest BCUT2D eigenvalue weighted by atomic mass is 16.2. The highest BCUT2D eigenvalue weighted by Crippen LogP contribution is 2.12. The Bertz CT molecular complexity index is 340. The Morgan fingerprint density at radius 2 is 0.846 bits per heavy atom. The lowest BCUT2D eigenvalue weighted by Crippen LogP contribution is -2.50. The first-order chi connectivity index (χ1) is 12.7. The largest absolute Gasteiger partial charge is 0.339 e. The molecule has 4 nitrogen and oxygen atoms in total. The fraction of sp³-hybridized carbons (Fsp3) is 0.909. The van der Waals surface area contributed by atoms with E-state index in [1.165, 1.54) is 64.2 Å². The topological polar surface area (TPSA) is 40.6 Å². The zero-order valence-electron chi connectivity index (χ0n) is 17.4. The summed E-state index contributed by atoms with van der Waals surface area (Å²) in [7, 11) is 0. The minimum atomic E-state index is 0.281. The molecule has 0 N–H and O–H groups in total. The Hall–Kier alpha value is -1.06. The molecule has 0 aromatic rings. The van der Waals surface area contributed by atoms with Crippen LogP contribution in [-0.2, 0) is 9.59 Å². The first-order valence-corrected chi connectivity index (χ1v) is 11.2. The van der Waals surface area contributed by atoms with Crippen LogP contribution in [0.5, 0.6) is 0 Å². The average molecular weight is 367 g/mol. The van der Waals surface area contributed by atoms with Crippen LogP contribution in [0.3, 0.4) is 0 Å². The van der Waals surface area contributed by atoms with Gasteiger partial charge in [-0.05, 0) is 12.8 Å². The van der Waals surface area contributed by atoms with Gasteiger partial charge in [0, 0.05) is 39.0 Å². The highest BCUT2D eigenvalue weighted by Gasteiger charge is 2.23. The number of hydrogen-bond donors (Lipinski definition) is 0. The molecule has 0 radical (unpaired) electrons. The summed E-state index contributed by atoms with van der Waals surface area (Å²) in [5.74, 6) is 0.562. The molecule has 0 unspecified atom stereocenters. The summed E-state index contributed by atoms with van der Waals surface area (Å²) in [6.07, 6.45) is 16.0. The van der Waals surface area contributed by atoms with Gasteiger partial charge in [0.25, 0.3) is 0 Å². The number of nitrogens with zero attached hydrogens (tertiary/aromatic N) is 2. The summed E-state index contributed by atoms with van der Waals surface area (Å²) in [5.41, 5.74) is 0. The molecule has 1 aliphatic rings. The fourth-order valence-electron chi connectivity index (χ4n) is 3.63. The van der Waals surface area contributed by atoms with Crippen LogP contribution in [0.25, 0.3) is 0 Å². The van der Waals surface area contributed by atoms with E-state index in [1.54, 1.807) is 0 Å². The van der Waals surface area contributed by atoms with Gasteiger partial charge in [-0.15, -0.1) is 0 Å². The minimum absolute atomic E-state index is 0.281. The summed E-state index contributed by atoms with van der Waals surface area (Å²) in [5, 5.41) is 0. The van der Waals surface area contributed by atoms with E-state index in [4.69, 9.17) is 0 Å². The van der Waals surface area contributed by atoms with E-state index in [-0.39, 0.29) is 11.8 Å². The van der Waals surface area contributed by atoms with Gasteiger partial charge in [-0.3, -0.25) is 9.59 Å². The fourth-order valence-corrected chi connectivity index (χ4v) is 3.63. The number of hydrogen-bond acceptors (Lipinski definition) is 2. The molecule has 0 atom stereocenters. The minimum Gasteiger partial charge on any atom is -0.339 e. The van der Waals surface area contributed by atoms with Gasteiger partial charge in [0.15, 0.2) is 0 Å². The molecule has 26 heavy (non-hydrogen) atoms. The van der Waals surface area contributed by atoms with Crippen molar-refractivity contribution in [3.63, 3.8) is 0 Å². The summed E-state index contributed by atoms with van der Waals surface area (Å²) < 4.78 is 0. The van der Waals surface area contributed by atoms with E-state index in [0.29, 0.717) is 12.8 Å². The Balaban J connectivity index is 2.07. The van der Waals surface area contributed by atoms with E-state index in [2.05, 4.69) is 13.8 Å². The highest BCUT2D eigenvalue weighted by molar-refractivity contribution is 5.78. The molecule has 1 saturated heterocycles. The van der Waals surface area contributed by atoms with Crippen LogP contribution in [0.2, 0.25) is 0 Å². The maximum Gasteiger partial charge on any atom is 0.222 e. The zero-order chi connectivity index (χ0) is 19.0. The third kappa shape index (κ3) is 10.2. The molecule has 0 aromatic carbocycles. The van der Waals surface area contributed by atoms with E-state index >= 15 is 0 Å². The summed E-state index contributed by atoms with van der Waals surface area (Å²) >= 11 is 0. The van der Waals surface area contributed by atoms with Gasteiger partial charge < -0.3 is 9.80 Å². The van der Waals surface area contributed by atoms with Crippen molar-refractivity contribution in [1.29, 1.82) is 0 Å². The molecule has 2 amide bonds. The number of carbonyl (C=O) groups is 2. The lowest BCUT2D eigenvalue weighted by atomic mass is 10.1. The second-order valence-corrected chi connectivity index (χ2v) is 7.80. The van der Waals surface area contributed by atoms with Gasteiger partial charge in [-0.1, -0.05) is 78.1 Å². The van der Waals surface area contributed by atoms with E-state index in [0.717, 1.165) is 39.0 Å². The Morgan fingerprint density at radius 1 is 0.538 bits per heavy atom. The first-order valence-electron chi connectivity index (χ1n) is 11.2. The molecule has 0 spiro atoms. The van der Waals surface area contributed by atoms with Crippen LogP contribution < -0.4 is 0 Å². The monoisotopic (exact) mass is 366 g/mol. The summed E-state index contributed by atoms with van der Waals surface area (Å²) in [6.45, 7) is 7.32. The second kappa shape index (κ2) is 15.0. The summed E-state index contributed by atoms with van der Waals surface area (Å²) in [4.78, 5) is 28.5. The molecule has 1 rings (SSSR count). The SMILES string of the molecule is CCCCCCCCC(=O)N1CCN(C(=O)CCCCCCCC)CC1.